The van der Waals surface area contributed by atoms with Crippen LogP contribution in [0.25, 0.3) is 11.5 Å². The van der Waals surface area contributed by atoms with Gasteiger partial charge in [0.25, 0.3) is 0 Å². The molecule has 3 aromatic rings. The Kier molecular flexibility index (Phi) is 4.42. The highest BCUT2D eigenvalue weighted by Gasteiger charge is 2.22. The summed E-state index contributed by atoms with van der Waals surface area (Å²) in [4.78, 5) is 24.8. The quantitative estimate of drug-likeness (QED) is 0.769. The first kappa shape index (κ1) is 16.0. The first-order valence-electron chi connectivity index (χ1n) is 8.23. The summed E-state index contributed by atoms with van der Waals surface area (Å²) in [6.07, 6.45) is 6.33. The lowest BCUT2D eigenvalue weighted by Crippen LogP contribution is -2.50. The largest absolute Gasteiger partial charge is 0.423 e. The van der Waals surface area contributed by atoms with Crippen molar-refractivity contribution in [3.05, 3.63) is 49.2 Å². The van der Waals surface area contributed by atoms with Crippen molar-refractivity contribution in [3.8, 4) is 11.5 Å². The van der Waals surface area contributed by atoms with Crippen molar-refractivity contribution in [3.63, 3.8) is 0 Å². The molecule has 0 spiro atoms. The van der Waals surface area contributed by atoms with Crippen LogP contribution in [0, 0.1) is 0 Å². The third-order valence-electron chi connectivity index (χ3n) is 4.16. The Morgan fingerprint density at radius 1 is 1.15 bits per heavy atom. The van der Waals surface area contributed by atoms with Gasteiger partial charge in [0.05, 0.1) is 6.20 Å². The van der Waals surface area contributed by atoms with Crippen molar-refractivity contribution in [2.24, 2.45) is 0 Å². The topological polar surface area (TPSA) is 100 Å². The van der Waals surface area contributed by atoms with Crippen LogP contribution in [0.3, 0.4) is 0 Å². The van der Waals surface area contributed by atoms with Crippen LogP contribution < -0.4 is 10.2 Å². The smallest absolute Gasteiger partial charge is 0.321 e. The summed E-state index contributed by atoms with van der Waals surface area (Å²) >= 11 is 0. The molecule has 1 aromatic carbocycles. The Bertz CT molecular complexity index is 862. The molecule has 1 fully saturated rings. The molecule has 1 aliphatic rings. The van der Waals surface area contributed by atoms with Crippen LogP contribution in [-0.4, -0.2) is 57.3 Å². The lowest BCUT2D eigenvalue weighted by atomic mass is 10.2. The monoisotopic (exact) mass is 351 g/mol. The van der Waals surface area contributed by atoms with Gasteiger partial charge in [0.2, 0.25) is 12.3 Å². The summed E-state index contributed by atoms with van der Waals surface area (Å²) in [7, 11) is 0. The van der Waals surface area contributed by atoms with E-state index < -0.39 is 0 Å². The number of carbonyl (C=O) groups excluding carboxylic acids is 1. The highest BCUT2D eigenvalue weighted by atomic mass is 16.4. The third kappa shape index (κ3) is 3.46. The van der Waals surface area contributed by atoms with E-state index in [4.69, 9.17) is 4.42 Å². The molecule has 9 heteroatoms. The minimum absolute atomic E-state index is 0.133. The molecule has 0 saturated carbocycles. The molecule has 26 heavy (non-hydrogen) atoms. The van der Waals surface area contributed by atoms with E-state index >= 15 is 0 Å². The summed E-state index contributed by atoms with van der Waals surface area (Å²) in [5.41, 5.74) is 1.44. The summed E-state index contributed by atoms with van der Waals surface area (Å²) in [6, 6.07) is 7.19. The fourth-order valence-corrected chi connectivity index (χ4v) is 2.82. The fourth-order valence-electron chi connectivity index (χ4n) is 2.82. The Morgan fingerprint density at radius 2 is 2.04 bits per heavy atom. The predicted octanol–water partition coefficient (Wildman–Crippen LogP) is 1.88. The normalized spacial score (nSPS) is 14.3. The lowest BCUT2D eigenvalue weighted by molar-refractivity contribution is 0.208. The van der Waals surface area contributed by atoms with Gasteiger partial charge >= 0.3 is 6.03 Å². The highest BCUT2D eigenvalue weighted by Crippen LogP contribution is 2.21. The summed E-state index contributed by atoms with van der Waals surface area (Å²) < 4.78 is 5.19. The van der Waals surface area contributed by atoms with Gasteiger partial charge in [0, 0.05) is 49.8 Å². The number of carbonyl (C=O) groups is 1. The van der Waals surface area contributed by atoms with Crippen LogP contribution in [0.2, 0.25) is 0 Å². The van der Waals surface area contributed by atoms with Crippen molar-refractivity contribution in [2.75, 3.05) is 36.4 Å². The number of nitrogens with zero attached hydrogens (tertiary/aromatic N) is 6. The van der Waals surface area contributed by atoms with Crippen LogP contribution in [0.15, 0.2) is 53.7 Å². The Balaban J connectivity index is 1.37. The summed E-state index contributed by atoms with van der Waals surface area (Å²) in [6.45, 7) is 2.67. The Morgan fingerprint density at radius 3 is 2.77 bits per heavy atom. The molecule has 0 radical (unpaired) electrons. The van der Waals surface area contributed by atoms with E-state index in [-0.39, 0.29) is 6.03 Å². The van der Waals surface area contributed by atoms with E-state index in [0.717, 1.165) is 11.4 Å². The maximum atomic E-state index is 12.5. The van der Waals surface area contributed by atoms with Crippen molar-refractivity contribution >= 4 is 17.5 Å². The summed E-state index contributed by atoms with van der Waals surface area (Å²) in [5, 5.41) is 10.5. The number of nitrogens with one attached hydrogen (secondary N) is 1. The number of anilines is 2. The van der Waals surface area contributed by atoms with Gasteiger partial charge in [0.15, 0.2) is 0 Å². The average Bonchev–Trinajstić information content (AvgIpc) is 3.24. The van der Waals surface area contributed by atoms with E-state index in [1.165, 1.54) is 6.39 Å². The summed E-state index contributed by atoms with van der Waals surface area (Å²) in [5.74, 6) is 1.25. The van der Waals surface area contributed by atoms with E-state index in [1.54, 1.807) is 29.6 Å². The van der Waals surface area contributed by atoms with Gasteiger partial charge in [0.1, 0.15) is 5.82 Å². The molecule has 0 atom stereocenters. The zero-order valence-corrected chi connectivity index (χ0v) is 13.9. The van der Waals surface area contributed by atoms with Gasteiger partial charge < -0.3 is 19.5 Å². The molecule has 9 nitrogen and oxygen atoms in total. The molecule has 1 saturated heterocycles. The van der Waals surface area contributed by atoms with Crippen molar-refractivity contribution in [2.45, 2.75) is 0 Å². The maximum absolute atomic E-state index is 12.5. The fraction of sp³-hybridized carbons (Fsp3) is 0.235. The van der Waals surface area contributed by atoms with Gasteiger partial charge in [-0.25, -0.2) is 9.78 Å². The zero-order valence-electron chi connectivity index (χ0n) is 13.9. The third-order valence-corrected chi connectivity index (χ3v) is 4.16. The van der Waals surface area contributed by atoms with Gasteiger partial charge in [-0.2, -0.15) is 0 Å². The number of piperazine rings is 1. The number of benzene rings is 1. The van der Waals surface area contributed by atoms with Crippen molar-refractivity contribution < 1.29 is 9.21 Å². The van der Waals surface area contributed by atoms with Crippen LogP contribution in [-0.2, 0) is 0 Å². The van der Waals surface area contributed by atoms with Crippen LogP contribution in [0.1, 0.15) is 0 Å². The van der Waals surface area contributed by atoms with E-state index in [2.05, 4.69) is 30.4 Å². The minimum atomic E-state index is -0.133. The standard InChI is InChI=1S/C17H17N7O2/c25-17(21-14-3-1-2-13(10-14)16-22-20-12-26-16)24-8-6-23(7-9-24)15-11-18-4-5-19-15/h1-5,10-12H,6-9H2,(H,21,25). The number of hydrogen-bond donors (Lipinski definition) is 1. The SMILES string of the molecule is O=C(Nc1cccc(-c2nnco2)c1)N1CCN(c2cnccn2)CC1. The second kappa shape index (κ2) is 7.18. The van der Waals surface area contributed by atoms with E-state index in [1.807, 2.05) is 18.2 Å². The molecule has 0 bridgehead atoms. The molecule has 1 N–H and O–H groups in total. The van der Waals surface area contributed by atoms with Crippen LogP contribution >= 0.6 is 0 Å². The second-order valence-electron chi connectivity index (χ2n) is 5.79. The molecule has 0 unspecified atom stereocenters. The maximum Gasteiger partial charge on any atom is 0.321 e. The van der Waals surface area contributed by atoms with E-state index in [0.29, 0.717) is 37.8 Å². The van der Waals surface area contributed by atoms with Crippen molar-refractivity contribution in [1.82, 2.24) is 25.1 Å². The molecular weight excluding hydrogens is 334 g/mol. The van der Waals surface area contributed by atoms with Crippen LogP contribution in [0.4, 0.5) is 16.3 Å². The van der Waals surface area contributed by atoms with Crippen LogP contribution in [0.5, 0.6) is 0 Å². The average molecular weight is 351 g/mol. The van der Waals surface area contributed by atoms with Gasteiger partial charge in [-0.15, -0.1) is 10.2 Å². The lowest BCUT2D eigenvalue weighted by Gasteiger charge is -2.35. The molecule has 3 heterocycles. The minimum Gasteiger partial charge on any atom is -0.423 e. The molecule has 2 amide bonds. The van der Waals surface area contributed by atoms with E-state index in [9.17, 15) is 4.79 Å². The van der Waals surface area contributed by atoms with Gasteiger partial charge in [-0.05, 0) is 18.2 Å². The number of urea groups is 1. The first-order valence-corrected chi connectivity index (χ1v) is 8.23. The van der Waals surface area contributed by atoms with Gasteiger partial charge in [-0.1, -0.05) is 6.07 Å². The zero-order chi connectivity index (χ0) is 17.8. The number of hydrogen-bond acceptors (Lipinski definition) is 7. The Hall–Kier alpha value is -3.49. The second-order valence-corrected chi connectivity index (χ2v) is 5.79. The molecule has 132 valence electrons. The number of rotatable bonds is 3. The molecule has 4 rings (SSSR count). The molecule has 0 aliphatic carbocycles. The number of aromatic nitrogens is 4. The highest BCUT2D eigenvalue weighted by molar-refractivity contribution is 5.90. The number of amides is 2. The molecular formula is C17H17N7O2. The van der Waals surface area contributed by atoms with Gasteiger partial charge in [-0.3, -0.25) is 4.98 Å². The molecule has 1 aliphatic heterocycles. The van der Waals surface area contributed by atoms with Crippen molar-refractivity contribution in [1.29, 1.82) is 0 Å². The first-order chi connectivity index (χ1) is 12.8. The predicted molar refractivity (Wildman–Crippen MR) is 94.6 cm³/mol. The molecule has 2 aromatic heterocycles. The Labute approximate surface area is 149 Å².